The average molecular weight is 183 g/mol. The van der Waals surface area contributed by atoms with Crippen molar-refractivity contribution in [2.24, 2.45) is 11.3 Å². The van der Waals surface area contributed by atoms with Crippen LogP contribution in [0, 0.1) is 11.3 Å². The van der Waals surface area contributed by atoms with E-state index in [1.54, 1.807) is 0 Å². The van der Waals surface area contributed by atoms with Gasteiger partial charge in [-0.2, -0.15) is 0 Å². The van der Waals surface area contributed by atoms with Crippen molar-refractivity contribution in [1.29, 1.82) is 0 Å². The highest BCUT2D eigenvalue weighted by atomic mass is 16.2. The second-order valence-electron chi connectivity index (χ2n) is 4.64. The summed E-state index contributed by atoms with van der Waals surface area (Å²) in [6.07, 6.45) is 3.16. The predicted octanol–water partition coefficient (Wildman–Crippen LogP) is 2.34. The molecule has 2 nitrogen and oxygen atoms in total. The molecule has 0 aliphatic heterocycles. The lowest BCUT2D eigenvalue weighted by molar-refractivity contribution is -0.127. The van der Waals surface area contributed by atoms with Crippen LogP contribution in [-0.4, -0.2) is 11.9 Å². The van der Waals surface area contributed by atoms with Gasteiger partial charge < -0.3 is 5.32 Å². The third-order valence-electron chi connectivity index (χ3n) is 3.37. The van der Waals surface area contributed by atoms with E-state index >= 15 is 0 Å². The molecular weight excluding hydrogens is 162 g/mol. The number of hydrogen-bond donors (Lipinski definition) is 1. The lowest BCUT2D eigenvalue weighted by atomic mass is 10.0. The summed E-state index contributed by atoms with van der Waals surface area (Å²) in [5, 5.41) is 3.09. The fourth-order valence-corrected chi connectivity index (χ4v) is 1.42. The number of nitrogens with one attached hydrogen (secondary N) is 1. The number of amides is 1. The molecule has 13 heavy (non-hydrogen) atoms. The Kier molecular flexibility index (Phi) is 2.99. The third kappa shape index (κ3) is 2.23. The quantitative estimate of drug-likeness (QED) is 0.712. The first-order valence-electron chi connectivity index (χ1n) is 5.33. The van der Waals surface area contributed by atoms with E-state index in [9.17, 15) is 4.79 Å². The zero-order valence-corrected chi connectivity index (χ0v) is 9.18. The van der Waals surface area contributed by atoms with Crippen molar-refractivity contribution < 1.29 is 4.79 Å². The Balaban J connectivity index is 2.41. The molecule has 1 rings (SSSR count). The average Bonchev–Trinajstić information content (AvgIpc) is 2.84. The molecule has 0 radical (unpaired) electrons. The highest BCUT2D eigenvalue weighted by molar-refractivity contribution is 5.85. The highest BCUT2D eigenvalue weighted by Crippen LogP contribution is 2.48. The number of rotatable bonds is 4. The standard InChI is InChI=1S/C11H21NO/c1-5-11(6-7-11)10(13)12-9(4)8(2)3/h8-9H,5-7H2,1-4H3,(H,12,13)/t9-/m1/s1. The number of hydrogen-bond acceptors (Lipinski definition) is 1. The molecule has 76 valence electrons. The molecule has 2 heteroatoms. The van der Waals surface area contributed by atoms with Crippen molar-refractivity contribution in [3.63, 3.8) is 0 Å². The molecule has 0 aromatic rings. The predicted molar refractivity (Wildman–Crippen MR) is 54.4 cm³/mol. The van der Waals surface area contributed by atoms with Crippen molar-refractivity contribution in [2.75, 3.05) is 0 Å². The van der Waals surface area contributed by atoms with Gasteiger partial charge >= 0.3 is 0 Å². The van der Waals surface area contributed by atoms with E-state index in [0.29, 0.717) is 12.0 Å². The molecule has 0 bridgehead atoms. The number of carbonyl (C=O) groups is 1. The van der Waals surface area contributed by atoms with E-state index in [2.05, 4.69) is 33.0 Å². The van der Waals surface area contributed by atoms with Crippen LogP contribution in [0.2, 0.25) is 0 Å². The van der Waals surface area contributed by atoms with Crippen LogP contribution < -0.4 is 5.32 Å². The monoisotopic (exact) mass is 183 g/mol. The van der Waals surface area contributed by atoms with Crippen LogP contribution in [-0.2, 0) is 4.79 Å². The molecular formula is C11H21NO. The van der Waals surface area contributed by atoms with Crippen molar-refractivity contribution in [3.8, 4) is 0 Å². The second kappa shape index (κ2) is 3.69. The van der Waals surface area contributed by atoms with Crippen LogP contribution in [0.1, 0.15) is 47.0 Å². The van der Waals surface area contributed by atoms with Gasteiger partial charge in [0.25, 0.3) is 0 Å². The number of carbonyl (C=O) groups excluding carboxylic acids is 1. The molecule has 1 saturated carbocycles. The van der Waals surface area contributed by atoms with E-state index in [-0.39, 0.29) is 11.3 Å². The zero-order chi connectivity index (χ0) is 10.1. The molecule has 1 atom stereocenters. The maximum absolute atomic E-state index is 11.8. The fourth-order valence-electron chi connectivity index (χ4n) is 1.42. The Hall–Kier alpha value is -0.530. The third-order valence-corrected chi connectivity index (χ3v) is 3.37. The van der Waals surface area contributed by atoms with Gasteiger partial charge in [-0.3, -0.25) is 4.79 Å². The molecule has 0 aromatic carbocycles. The van der Waals surface area contributed by atoms with Crippen LogP contribution in [0.3, 0.4) is 0 Å². The van der Waals surface area contributed by atoms with Gasteiger partial charge in [-0.25, -0.2) is 0 Å². The Morgan fingerprint density at radius 2 is 1.92 bits per heavy atom. The minimum Gasteiger partial charge on any atom is -0.353 e. The molecule has 0 saturated heterocycles. The molecule has 1 aliphatic carbocycles. The van der Waals surface area contributed by atoms with Crippen molar-refractivity contribution >= 4 is 5.91 Å². The zero-order valence-electron chi connectivity index (χ0n) is 9.18. The van der Waals surface area contributed by atoms with Gasteiger partial charge in [-0.05, 0) is 32.1 Å². The van der Waals surface area contributed by atoms with Crippen LogP contribution in [0.15, 0.2) is 0 Å². The van der Waals surface area contributed by atoms with Gasteiger partial charge in [0.05, 0.1) is 0 Å². The summed E-state index contributed by atoms with van der Waals surface area (Å²) in [6.45, 7) is 8.45. The Labute approximate surface area is 81.1 Å². The molecule has 0 aromatic heterocycles. The summed E-state index contributed by atoms with van der Waals surface area (Å²) in [5.74, 6) is 0.799. The summed E-state index contributed by atoms with van der Waals surface area (Å²) in [7, 11) is 0. The summed E-state index contributed by atoms with van der Waals surface area (Å²) in [6, 6.07) is 0.302. The van der Waals surface area contributed by atoms with Gasteiger partial charge in [-0.1, -0.05) is 20.8 Å². The molecule has 0 spiro atoms. The van der Waals surface area contributed by atoms with Crippen LogP contribution in [0.4, 0.5) is 0 Å². The lowest BCUT2D eigenvalue weighted by Crippen LogP contribution is -2.40. The summed E-state index contributed by atoms with van der Waals surface area (Å²) < 4.78 is 0. The topological polar surface area (TPSA) is 29.1 Å². The Morgan fingerprint density at radius 1 is 1.38 bits per heavy atom. The maximum atomic E-state index is 11.8. The summed E-state index contributed by atoms with van der Waals surface area (Å²) in [4.78, 5) is 11.8. The van der Waals surface area contributed by atoms with E-state index in [0.717, 1.165) is 19.3 Å². The van der Waals surface area contributed by atoms with Crippen molar-refractivity contribution in [2.45, 2.75) is 53.0 Å². The summed E-state index contributed by atoms with van der Waals surface area (Å²) >= 11 is 0. The molecule has 0 unspecified atom stereocenters. The first-order chi connectivity index (χ1) is 6.02. The van der Waals surface area contributed by atoms with Crippen molar-refractivity contribution in [1.82, 2.24) is 5.32 Å². The first-order valence-corrected chi connectivity index (χ1v) is 5.33. The molecule has 1 amide bonds. The van der Waals surface area contributed by atoms with Gasteiger partial charge in [-0.15, -0.1) is 0 Å². The van der Waals surface area contributed by atoms with E-state index < -0.39 is 0 Å². The van der Waals surface area contributed by atoms with Gasteiger partial charge in [0.15, 0.2) is 0 Å². The van der Waals surface area contributed by atoms with Crippen LogP contribution in [0.5, 0.6) is 0 Å². The largest absolute Gasteiger partial charge is 0.353 e. The van der Waals surface area contributed by atoms with Crippen LogP contribution >= 0.6 is 0 Å². The highest BCUT2D eigenvalue weighted by Gasteiger charge is 2.48. The van der Waals surface area contributed by atoms with Gasteiger partial charge in [0.1, 0.15) is 0 Å². The summed E-state index contributed by atoms with van der Waals surface area (Å²) in [5.41, 5.74) is 0.0170. The van der Waals surface area contributed by atoms with Crippen molar-refractivity contribution in [3.05, 3.63) is 0 Å². The second-order valence-corrected chi connectivity index (χ2v) is 4.64. The van der Waals surface area contributed by atoms with E-state index in [1.807, 2.05) is 0 Å². The minimum atomic E-state index is 0.0170. The van der Waals surface area contributed by atoms with Crippen LogP contribution in [0.25, 0.3) is 0 Å². The Morgan fingerprint density at radius 3 is 2.23 bits per heavy atom. The Bertz CT molecular complexity index is 194. The van der Waals surface area contributed by atoms with Gasteiger partial charge in [0.2, 0.25) is 5.91 Å². The maximum Gasteiger partial charge on any atom is 0.226 e. The molecule has 0 heterocycles. The fraction of sp³-hybridized carbons (Fsp3) is 0.909. The molecule has 1 N–H and O–H groups in total. The lowest BCUT2D eigenvalue weighted by Gasteiger charge is -2.21. The molecule has 1 aliphatic rings. The minimum absolute atomic E-state index is 0.0170. The molecule has 1 fully saturated rings. The van der Waals surface area contributed by atoms with Gasteiger partial charge in [0, 0.05) is 11.5 Å². The first kappa shape index (κ1) is 10.6. The van der Waals surface area contributed by atoms with E-state index in [4.69, 9.17) is 0 Å². The normalized spacial score (nSPS) is 21.3. The SMILES string of the molecule is CCC1(C(=O)N[C@H](C)C(C)C)CC1. The van der Waals surface area contributed by atoms with E-state index in [1.165, 1.54) is 0 Å². The smallest absolute Gasteiger partial charge is 0.226 e.